The van der Waals surface area contributed by atoms with E-state index in [4.69, 9.17) is 5.11 Å². The third-order valence-electron chi connectivity index (χ3n) is 1.43. The van der Waals surface area contributed by atoms with E-state index in [-0.39, 0.29) is 5.56 Å². The summed E-state index contributed by atoms with van der Waals surface area (Å²) in [7, 11) is 1.32. The number of benzene rings is 1. The van der Waals surface area contributed by atoms with E-state index in [2.05, 4.69) is 16.6 Å². The second-order valence-corrected chi connectivity index (χ2v) is 2.34. The lowest BCUT2D eigenvalue weighted by molar-refractivity contribution is -0.0280. The first-order valence-corrected chi connectivity index (χ1v) is 3.71. The molecule has 0 saturated heterocycles. The maximum atomic E-state index is 12.9. The summed E-state index contributed by atoms with van der Waals surface area (Å²) in [6.07, 6.45) is -1.17. The number of hydrogen-bond donors (Lipinski definition) is 1. The van der Waals surface area contributed by atoms with Crippen LogP contribution in [0, 0.1) is 17.7 Å². The van der Waals surface area contributed by atoms with Gasteiger partial charge in [-0.3, -0.25) is 0 Å². The highest BCUT2D eigenvalue weighted by Gasteiger charge is 1.96. The summed E-state index contributed by atoms with van der Waals surface area (Å²) in [6, 6.07) is 6.09. The van der Waals surface area contributed by atoms with Gasteiger partial charge in [-0.1, -0.05) is 18.1 Å². The van der Waals surface area contributed by atoms with Crippen LogP contribution in [0.2, 0.25) is 0 Å². The molecule has 0 spiro atoms. The molecule has 0 radical (unpaired) electrons. The number of methoxy groups -OCH3 is 1. The zero-order valence-corrected chi connectivity index (χ0v) is 7.12. The van der Waals surface area contributed by atoms with Crippen LogP contribution in [0.3, 0.4) is 0 Å². The van der Waals surface area contributed by atoms with Crippen molar-refractivity contribution >= 4 is 0 Å². The number of ether oxygens (including phenoxy) is 1. The largest absolute Gasteiger partial charge is 0.358 e. The zero-order chi connectivity index (χ0) is 9.68. The second-order valence-electron chi connectivity index (χ2n) is 2.34. The van der Waals surface area contributed by atoms with E-state index < -0.39 is 12.1 Å². The lowest BCUT2D eigenvalue weighted by Crippen LogP contribution is -2.04. The molecular weight excluding hydrogens is 171 g/mol. The molecule has 0 heterocycles. The van der Waals surface area contributed by atoms with Crippen LogP contribution in [0.25, 0.3) is 0 Å². The van der Waals surface area contributed by atoms with E-state index in [1.54, 1.807) is 12.1 Å². The quantitative estimate of drug-likeness (QED) is 0.518. The van der Waals surface area contributed by atoms with Gasteiger partial charge in [0.15, 0.2) is 0 Å². The molecule has 1 N–H and O–H groups in total. The maximum Gasteiger partial charge on any atom is 0.220 e. The van der Waals surface area contributed by atoms with E-state index in [0.29, 0.717) is 0 Å². The summed E-state index contributed by atoms with van der Waals surface area (Å²) in [6.45, 7) is 0. The lowest BCUT2D eigenvalue weighted by atomic mass is 10.2. The minimum Gasteiger partial charge on any atom is -0.358 e. The SMILES string of the molecule is COC(O)C#Cc1ccccc1F. The second kappa shape index (κ2) is 4.61. The summed E-state index contributed by atoms with van der Waals surface area (Å²) >= 11 is 0. The van der Waals surface area contributed by atoms with Gasteiger partial charge in [0.25, 0.3) is 0 Å². The van der Waals surface area contributed by atoms with E-state index in [0.717, 1.165) is 0 Å². The lowest BCUT2D eigenvalue weighted by Gasteiger charge is -1.96. The molecule has 68 valence electrons. The first kappa shape index (κ1) is 9.72. The van der Waals surface area contributed by atoms with E-state index >= 15 is 0 Å². The Morgan fingerprint density at radius 3 is 2.77 bits per heavy atom. The van der Waals surface area contributed by atoms with Crippen LogP contribution in [0.5, 0.6) is 0 Å². The third-order valence-corrected chi connectivity index (χ3v) is 1.43. The Morgan fingerprint density at radius 2 is 2.15 bits per heavy atom. The first-order valence-electron chi connectivity index (χ1n) is 3.71. The molecule has 1 aromatic rings. The molecule has 0 aliphatic heterocycles. The number of rotatable bonds is 1. The van der Waals surface area contributed by atoms with Gasteiger partial charge in [-0.05, 0) is 18.1 Å². The molecule has 1 unspecified atom stereocenters. The fourth-order valence-electron chi connectivity index (χ4n) is 0.761. The highest BCUT2D eigenvalue weighted by molar-refractivity contribution is 5.35. The molecule has 2 nitrogen and oxygen atoms in total. The monoisotopic (exact) mass is 180 g/mol. The summed E-state index contributed by atoms with van der Waals surface area (Å²) in [4.78, 5) is 0. The van der Waals surface area contributed by atoms with Gasteiger partial charge in [-0.15, -0.1) is 0 Å². The molecule has 0 saturated carbocycles. The van der Waals surface area contributed by atoms with Gasteiger partial charge >= 0.3 is 0 Å². The number of aliphatic hydroxyl groups is 1. The van der Waals surface area contributed by atoms with Crippen LogP contribution in [0.15, 0.2) is 24.3 Å². The van der Waals surface area contributed by atoms with Crippen molar-refractivity contribution in [1.82, 2.24) is 0 Å². The molecule has 1 atom stereocenters. The highest BCUT2D eigenvalue weighted by Crippen LogP contribution is 2.03. The molecule has 1 rings (SSSR count). The normalized spacial score (nSPS) is 11.6. The topological polar surface area (TPSA) is 29.5 Å². The van der Waals surface area contributed by atoms with Crippen LogP contribution in [0.1, 0.15) is 5.56 Å². The third kappa shape index (κ3) is 2.86. The Kier molecular flexibility index (Phi) is 3.44. The molecule has 0 aliphatic rings. The summed E-state index contributed by atoms with van der Waals surface area (Å²) < 4.78 is 17.4. The molecule has 0 amide bonds. The summed E-state index contributed by atoms with van der Waals surface area (Å²) in [5.41, 5.74) is 0.249. The minimum absolute atomic E-state index is 0.249. The van der Waals surface area contributed by atoms with Crippen LogP contribution in [0.4, 0.5) is 4.39 Å². The number of aliphatic hydroxyl groups excluding tert-OH is 1. The summed E-state index contributed by atoms with van der Waals surface area (Å²) in [5, 5.41) is 8.89. The average molecular weight is 180 g/mol. The minimum atomic E-state index is -1.17. The van der Waals surface area contributed by atoms with Crippen molar-refractivity contribution in [2.75, 3.05) is 7.11 Å². The van der Waals surface area contributed by atoms with Crippen molar-refractivity contribution in [3.8, 4) is 11.8 Å². The van der Waals surface area contributed by atoms with Crippen LogP contribution >= 0.6 is 0 Å². The number of hydrogen-bond acceptors (Lipinski definition) is 2. The predicted octanol–water partition coefficient (Wildman–Crippen LogP) is 1.14. The molecule has 13 heavy (non-hydrogen) atoms. The molecule has 0 aliphatic carbocycles. The number of halogens is 1. The molecule has 0 aromatic heterocycles. The van der Waals surface area contributed by atoms with Crippen molar-refractivity contribution in [2.45, 2.75) is 6.29 Å². The van der Waals surface area contributed by atoms with Gasteiger partial charge < -0.3 is 9.84 Å². The summed E-state index contributed by atoms with van der Waals surface area (Å²) in [5.74, 6) is 4.39. The highest BCUT2D eigenvalue weighted by atomic mass is 19.1. The molecular formula is C10H9FO2. The van der Waals surface area contributed by atoms with E-state index in [1.807, 2.05) is 0 Å². The fourth-order valence-corrected chi connectivity index (χ4v) is 0.761. The Balaban J connectivity index is 2.83. The van der Waals surface area contributed by atoms with Crippen molar-refractivity contribution in [1.29, 1.82) is 0 Å². The molecule has 0 bridgehead atoms. The predicted molar refractivity (Wildman–Crippen MR) is 46.3 cm³/mol. The Hall–Kier alpha value is -1.37. The van der Waals surface area contributed by atoms with Crippen molar-refractivity contribution in [3.05, 3.63) is 35.6 Å². The van der Waals surface area contributed by atoms with Crippen LogP contribution in [-0.2, 0) is 4.74 Å². The van der Waals surface area contributed by atoms with Crippen molar-refractivity contribution in [2.24, 2.45) is 0 Å². The Bertz CT molecular complexity index is 338. The van der Waals surface area contributed by atoms with Gasteiger partial charge in [0.2, 0.25) is 6.29 Å². The Morgan fingerprint density at radius 1 is 1.46 bits per heavy atom. The average Bonchev–Trinajstić information content (AvgIpc) is 2.16. The fraction of sp³-hybridized carbons (Fsp3) is 0.200. The van der Waals surface area contributed by atoms with Gasteiger partial charge in [-0.25, -0.2) is 4.39 Å². The molecule has 1 aromatic carbocycles. The smallest absolute Gasteiger partial charge is 0.220 e. The van der Waals surface area contributed by atoms with Crippen molar-refractivity contribution < 1.29 is 14.2 Å². The van der Waals surface area contributed by atoms with Crippen molar-refractivity contribution in [3.63, 3.8) is 0 Å². The van der Waals surface area contributed by atoms with E-state index in [1.165, 1.54) is 19.2 Å². The van der Waals surface area contributed by atoms with Gasteiger partial charge in [0.05, 0.1) is 5.56 Å². The molecule has 0 fully saturated rings. The standard InChI is InChI=1S/C10H9FO2/c1-13-10(12)7-6-8-4-2-3-5-9(8)11/h2-5,10,12H,1H3. The molecule has 3 heteroatoms. The first-order chi connectivity index (χ1) is 6.24. The van der Waals surface area contributed by atoms with E-state index in [9.17, 15) is 4.39 Å². The zero-order valence-electron chi connectivity index (χ0n) is 7.12. The maximum absolute atomic E-state index is 12.9. The van der Waals surface area contributed by atoms with Crippen LogP contribution < -0.4 is 0 Å². The van der Waals surface area contributed by atoms with Crippen LogP contribution in [-0.4, -0.2) is 18.5 Å². The van der Waals surface area contributed by atoms with Gasteiger partial charge in [-0.2, -0.15) is 0 Å². The van der Waals surface area contributed by atoms with Gasteiger partial charge in [0, 0.05) is 7.11 Å². The Labute approximate surface area is 76.0 Å². The van der Waals surface area contributed by atoms with Gasteiger partial charge in [0.1, 0.15) is 5.82 Å².